The molecule has 2 aromatic rings. The van der Waals surface area contributed by atoms with Gasteiger partial charge in [-0.3, -0.25) is 4.79 Å². The molecule has 0 atom stereocenters. The minimum Gasteiger partial charge on any atom is -0.496 e. The summed E-state index contributed by atoms with van der Waals surface area (Å²) in [5, 5.41) is 0. The lowest BCUT2D eigenvalue weighted by Gasteiger charge is -2.30. The summed E-state index contributed by atoms with van der Waals surface area (Å²) in [7, 11) is 3.47. The van der Waals surface area contributed by atoms with Crippen LogP contribution in [0.3, 0.4) is 0 Å². The van der Waals surface area contributed by atoms with Crippen LogP contribution in [0.2, 0.25) is 0 Å². The van der Waals surface area contributed by atoms with E-state index in [4.69, 9.17) is 9.47 Å². The van der Waals surface area contributed by atoms with E-state index >= 15 is 0 Å². The number of hydrogen-bond donors (Lipinski definition) is 2. The van der Waals surface area contributed by atoms with E-state index in [-0.39, 0.29) is 11.7 Å². The van der Waals surface area contributed by atoms with Crippen molar-refractivity contribution >= 4 is 5.91 Å². The second-order valence-corrected chi connectivity index (χ2v) is 8.14. The average molecular weight is 432 g/mol. The van der Waals surface area contributed by atoms with E-state index in [1.54, 1.807) is 24.1 Å². The van der Waals surface area contributed by atoms with Gasteiger partial charge in [-0.05, 0) is 42.8 Å². The van der Waals surface area contributed by atoms with Gasteiger partial charge in [0.15, 0.2) is 6.54 Å². The van der Waals surface area contributed by atoms with Crippen molar-refractivity contribution in [3.63, 3.8) is 0 Å². The van der Waals surface area contributed by atoms with Crippen LogP contribution in [0, 0.1) is 5.82 Å². The van der Waals surface area contributed by atoms with Gasteiger partial charge in [0.1, 0.15) is 50.0 Å². The van der Waals surface area contributed by atoms with Crippen molar-refractivity contribution in [2.75, 3.05) is 53.5 Å². The summed E-state index contributed by atoms with van der Waals surface area (Å²) in [6, 6.07) is 12.6. The van der Waals surface area contributed by atoms with Crippen LogP contribution >= 0.6 is 0 Å². The number of methoxy groups -OCH3 is 1. The zero-order valence-corrected chi connectivity index (χ0v) is 18.7. The molecule has 2 aromatic carbocycles. The summed E-state index contributed by atoms with van der Waals surface area (Å²) in [4.78, 5) is 17.2. The van der Waals surface area contributed by atoms with Crippen LogP contribution in [0.5, 0.6) is 11.5 Å². The van der Waals surface area contributed by atoms with Crippen LogP contribution in [0.1, 0.15) is 18.1 Å². The van der Waals surface area contributed by atoms with E-state index < -0.39 is 0 Å². The highest BCUT2D eigenvalue weighted by molar-refractivity contribution is 5.76. The Morgan fingerprint density at radius 2 is 1.74 bits per heavy atom. The van der Waals surface area contributed by atoms with Gasteiger partial charge in [-0.15, -0.1) is 0 Å². The third kappa shape index (κ3) is 6.67. The number of amides is 1. The number of quaternary nitrogens is 2. The number of halogens is 1. The number of carbonyl (C=O) groups excluding carboxylic acids is 1. The van der Waals surface area contributed by atoms with Gasteiger partial charge in [0.25, 0.3) is 5.91 Å². The van der Waals surface area contributed by atoms with Crippen molar-refractivity contribution in [1.29, 1.82) is 0 Å². The second-order valence-electron chi connectivity index (χ2n) is 8.14. The Kier molecular flexibility index (Phi) is 8.26. The van der Waals surface area contributed by atoms with Gasteiger partial charge in [-0.1, -0.05) is 12.1 Å². The number of ether oxygens (including phenoxy) is 2. The minimum absolute atomic E-state index is 0.152. The van der Waals surface area contributed by atoms with Gasteiger partial charge in [0, 0.05) is 13.6 Å². The van der Waals surface area contributed by atoms with E-state index in [0.29, 0.717) is 19.7 Å². The number of hydrogen-bond acceptors (Lipinski definition) is 3. The van der Waals surface area contributed by atoms with Crippen LogP contribution in [0.4, 0.5) is 4.39 Å². The molecule has 168 valence electrons. The lowest BCUT2D eigenvalue weighted by molar-refractivity contribution is -1.02. The molecular formula is C24H34FN3O3+2. The molecule has 1 saturated heterocycles. The number of benzene rings is 2. The predicted molar refractivity (Wildman–Crippen MR) is 117 cm³/mol. The molecule has 0 saturated carbocycles. The molecule has 7 heteroatoms. The number of nitrogens with one attached hydrogen (secondary N) is 2. The maximum atomic E-state index is 13.6. The maximum Gasteiger partial charge on any atom is 0.277 e. The highest BCUT2D eigenvalue weighted by Gasteiger charge is 2.26. The lowest BCUT2D eigenvalue weighted by Crippen LogP contribution is -3.28. The van der Waals surface area contributed by atoms with Crippen molar-refractivity contribution in [2.24, 2.45) is 0 Å². The van der Waals surface area contributed by atoms with Crippen molar-refractivity contribution in [3.8, 4) is 11.5 Å². The number of likely N-dealkylation sites (N-methyl/N-ethyl adjacent to an activating group) is 1. The van der Waals surface area contributed by atoms with Crippen molar-refractivity contribution in [1.82, 2.24) is 4.90 Å². The molecule has 1 fully saturated rings. The van der Waals surface area contributed by atoms with Crippen LogP contribution in [-0.4, -0.2) is 64.3 Å². The van der Waals surface area contributed by atoms with E-state index in [1.807, 2.05) is 38.2 Å². The molecule has 0 radical (unpaired) electrons. The average Bonchev–Trinajstić information content (AvgIpc) is 2.77. The first-order valence-corrected chi connectivity index (χ1v) is 10.9. The molecule has 1 amide bonds. The Morgan fingerprint density at radius 3 is 2.39 bits per heavy atom. The Bertz CT molecular complexity index is 852. The van der Waals surface area contributed by atoms with Gasteiger partial charge in [-0.2, -0.15) is 0 Å². The molecule has 0 spiro atoms. The SMILES string of the molecule is CCOc1ccc(CN(C)C(=O)C[NH+]2CC[NH+](Cc3cc(F)ccc3OC)CC2)cc1. The fourth-order valence-corrected chi connectivity index (χ4v) is 4.03. The highest BCUT2D eigenvalue weighted by atomic mass is 19.1. The van der Waals surface area contributed by atoms with E-state index in [2.05, 4.69) is 0 Å². The summed E-state index contributed by atoms with van der Waals surface area (Å²) in [5.74, 6) is 1.50. The lowest BCUT2D eigenvalue weighted by atomic mass is 10.1. The fraction of sp³-hybridized carbons (Fsp3) is 0.458. The largest absolute Gasteiger partial charge is 0.496 e. The first-order valence-electron chi connectivity index (χ1n) is 10.9. The summed E-state index contributed by atoms with van der Waals surface area (Å²) in [6.45, 7) is 8.19. The second kappa shape index (κ2) is 11.1. The molecule has 0 bridgehead atoms. The summed E-state index contributed by atoms with van der Waals surface area (Å²) >= 11 is 0. The smallest absolute Gasteiger partial charge is 0.277 e. The highest BCUT2D eigenvalue weighted by Crippen LogP contribution is 2.18. The van der Waals surface area contributed by atoms with Crippen molar-refractivity contribution < 1.29 is 28.5 Å². The molecule has 6 nitrogen and oxygen atoms in total. The molecule has 2 N–H and O–H groups in total. The molecule has 1 heterocycles. The van der Waals surface area contributed by atoms with E-state index in [0.717, 1.165) is 55.3 Å². The van der Waals surface area contributed by atoms with Crippen LogP contribution in [0.25, 0.3) is 0 Å². The van der Waals surface area contributed by atoms with Gasteiger partial charge in [-0.25, -0.2) is 4.39 Å². The first kappa shape index (κ1) is 23.0. The van der Waals surface area contributed by atoms with Gasteiger partial charge < -0.3 is 24.2 Å². The van der Waals surface area contributed by atoms with E-state index in [1.165, 1.54) is 15.9 Å². The van der Waals surface area contributed by atoms with E-state index in [9.17, 15) is 9.18 Å². The molecule has 1 aliphatic rings. The zero-order valence-electron chi connectivity index (χ0n) is 18.7. The first-order chi connectivity index (χ1) is 15.0. The maximum absolute atomic E-state index is 13.6. The van der Waals surface area contributed by atoms with Crippen molar-refractivity contribution in [3.05, 3.63) is 59.4 Å². The third-order valence-electron chi connectivity index (χ3n) is 5.83. The number of rotatable bonds is 9. The third-order valence-corrected chi connectivity index (χ3v) is 5.83. The predicted octanol–water partition coefficient (Wildman–Crippen LogP) is 0.175. The van der Waals surface area contributed by atoms with Crippen LogP contribution < -0.4 is 19.3 Å². The van der Waals surface area contributed by atoms with Crippen molar-refractivity contribution in [2.45, 2.75) is 20.0 Å². The quantitative estimate of drug-likeness (QED) is 0.596. The minimum atomic E-state index is -0.236. The molecule has 0 unspecified atom stereocenters. The molecular weight excluding hydrogens is 397 g/mol. The Hall–Kier alpha value is -2.64. The summed E-state index contributed by atoms with van der Waals surface area (Å²) in [6.07, 6.45) is 0. The molecule has 0 aliphatic carbocycles. The van der Waals surface area contributed by atoms with Crippen LogP contribution in [-0.2, 0) is 17.9 Å². The van der Waals surface area contributed by atoms with Crippen LogP contribution in [0.15, 0.2) is 42.5 Å². The molecule has 0 aromatic heterocycles. The fourth-order valence-electron chi connectivity index (χ4n) is 4.03. The number of piperazine rings is 1. The number of carbonyl (C=O) groups is 1. The van der Waals surface area contributed by atoms with Gasteiger partial charge >= 0.3 is 0 Å². The molecule has 1 aliphatic heterocycles. The molecule has 31 heavy (non-hydrogen) atoms. The number of nitrogens with zero attached hydrogens (tertiary/aromatic N) is 1. The summed E-state index contributed by atoms with van der Waals surface area (Å²) in [5.41, 5.74) is 1.99. The van der Waals surface area contributed by atoms with Gasteiger partial charge in [0.2, 0.25) is 0 Å². The monoisotopic (exact) mass is 431 g/mol. The Labute approximate surface area is 184 Å². The standard InChI is InChI=1S/C24H32FN3O3/c1-4-31-22-8-5-19(6-9-22)16-26(2)24(29)18-28-13-11-27(12-14-28)17-20-15-21(25)7-10-23(20)30-3/h5-10,15H,4,11-14,16-18H2,1-3H3/p+2. The Balaban J connectivity index is 1.44. The zero-order chi connectivity index (χ0) is 22.2. The Morgan fingerprint density at radius 1 is 1.06 bits per heavy atom. The topological polar surface area (TPSA) is 47.6 Å². The normalized spacial score (nSPS) is 18.5. The summed E-state index contributed by atoms with van der Waals surface area (Å²) < 4.78 is 24.4. The molecule has 3 rings (SSSR count). The van der Waals surface area contributed by atoms with Gasteiger partial charge in [0.05, 0.1) is 19.3 Å².